The van der Waals surface area contributed by atoms with E-state index in [9.17, 15) is 14.0 Å². The molecule has 0 saturated heterocycles. The predicted octanol–water partition coefficient (Wildman–Crippen LogP) is 3.54. The van der Waals surface area contributed by atoms with E-state index in [-0.39, 0.29) is 11.5 Å². The Labute approximate surface area is 168 Å². The molecule has 0 aliphatic carbocycles. The summed E-state index contributed by atoms with van der Waals surface area (Å²) in [5, 5.41) is 7.92. The summed E-state index contributed by atoms with van der Waals surface area (Å²) in [6, 6.07) is 12.7. The van der Waals surface area contributed by atoms with Crippen molar-refractivity contribution in [2.75, 3.05) is 7.11 Å². The summed E-state index contributed by atoms with van der Waals surface area (Å²) in [7, 11) is 1.29. The molecule has 0 aliphatic rings. The number of aromatic nitrogens is 2. The lowest BCUT2D eigenvalue weighted by Crippen LogP contribution is -2.49. The Morgan fingerprint density at radius 1 is 1.14 bits per heavy atom. The number of benzene rings is 2. The van der Waals surface area contributed by atoms with E-state index < -0.39 is 23.3 Å². The van der Waals surface area contributed by atoms with E-state index in [1.54, 1.807) is 16.8 Å². The Morgan fingerprint density at radius 3 is 2.41 bits per heavy atom. The van der Waals surface area contributed by atoms with Crippen molar-refractivity contribution >= 4 is 22.8 Å². The van der Waals surface area contributed by atoms with Crippen LogP contribution >= 0.6 is 0 Å². The van der Waals surface area contributed by atoms with Gasteiger partial charge in [0.05, 0.1) is 19.2 Å². The van der Waals surface area contributed by atoms with Gasteiger partial charge < -0.3 is 10.1 Å². The molecule has 0 fully saturated rings. The van der Waals surface area contributed by atoms with Crippen molar-refractivity contribution in [3.05, 3.63) is 65.6 Å². The standard InChI is InChI=1S/C22H24FN3O3/c1-22(2,3)19(21(28)29-4)24-20(27)18-16-7-5-6-8-17(16)26(25-18)13-14-9-11-15(23)12-10-14/h5-12,19H,13H2,1-4H3,(H,24,27). The number of fused-ring (bicyclic) bond motifs is 1. The molecule has 0 aliphatic heterocycles. The number of esters is 1. The molecule has 1 heterocycles. The number of methoxy groups -OCH3 is 1. The normalized spacial score (nSPS) is 12.6. The maximum Gasteiger partial charge on any atom is 0.328 e. The molecule has 0 radical (unpaired) electrons. The molecular weight excluding hydrogens is 373 g/mol. The van der Waals surface area contributed by atoms with E-state index in [1.807, 2.05) is 45.0 Å². The van der Waals surface area contributed by atoms with E-state index in [0.29, 0.717) is 11.9 Å². The van der Waals surface area contributed by atoms with Gasteiger partial charge in [0.25, 0.3) is 5.91 Å². The van der Waals surface area contributed by atoms with Gasteiger partial charge >= 0.3 is 5.97 Å². The molecule has 3 aromatic rings. The van der Waals surface area contributed by atoms with Crippen LogP contribution in [0.15, 0.2) is 48.5 Å². The fourth-order valence-electron chi connectivity index (χ4n) is 3.12. The summed E-state index contributed by atoms with van der Waals surface area (Å²) in [4.78, 5) is 25.2. The molecule has 0 saturated carbocycles. The van der Waals surface area contributed by atoms with Crippen LogP contribution in [0.2, 0.25) is 0 Å². The van der Waals surface area contributed by atoms with Gasteiger partial charge in [0.2, 0.25) is 0 Å². The summed E-state index contributed by atoms with van der Waals surface area (Å²) < 4.78 is 19.7. The number of amides is 1. The number of hydrogen-bond donors (Lipinski definition) is 1. The van der Waals surface area contributed by atoms with Crippen LogP contribution in [-0.4, -0.2) is 34.8 Å². The average Bonchev–Trinajstić information content (AvgIpc) is 3.05. The molecule has 1 aromatic heterocycles. The molecule has 152 valence electrons. The summed E-state index contributed by atoms with van der Waals surface area (Å²) in [6.45, 7) is 5.92. The molecule has 1 atom stereocenters. The van der Waals surface area contributed by atoms with E-state index in [2.05, 4.69) is 10.4 Å². The van der Waals surface area contributed by atoms with E-state index in [0.717, 1.165) is 11.1 Å². The van der Waals surface area contributed by atoms with Gasteiger partial charge in [-0.2, -0.15) is 5.10 Å². The van der Waals surface area contributed by atoms with Crippen molar-refractivity contribution in [2.45, 2.75) is 33.4 Å². The van der Waals surface area contributed by atoms with E-state index >= 15 is 0 Å². The predicted molar refractivity (Wildman–Crippen MR) is 108 cm³/mol. The highest BCUT2D eigenvalue weighted by Crippen LogP contribution is 2.23. The van der Waals surface area contributed by atoms with Gasteiger partial charge in [0, 0.05) is 5.39 Å². The molecule has 3 rings (SSSR count). The molecule has 1 amide bonds. The Kier molecular flexibility index (Phi) is 5.68. The highest BCUT2D eigenvalue weighted by molar-refractivity contribution is 6.06. The second-order valence-corrected chi connectivity index (χ2v) is 7.95. The number of carbonyl (C=O) groups is 2. The zero-order valence-corrected chi connectivity index (χ0v) is 16.9. The lowest BCUT2D eigenvalue weighted by Gasteiger charge is -2.28. The first-order valence-electron chi connectivity index (χ1n) is 9.29. The van der Waals surface area contributed by atoms with Gasteiger partial charge in [-0.1, -0.05) is 51.1 Å². The zero-order valence-electron chi connectivity index (χ0n) is 16.9. The zero-order chi connectivity index (χ0) is 21.2. The molecular formula is C22H24FN3O3. The molecule has 0 spiro atoms. The van der Waals surface area contributed by atoms with Crippen molar-refractivity contribution in [3.63, 3.8) is 0 Å². The van der Waals surface area contributed by atoms with Gasteiger partial charge in [-0.05, 0) is 29.2 Å². The number of carbonyl (C=O) groups excluding carboxylic acids is 2. The van der Waals surface area contributed by atoms with Crippen molar-refractivity contribution < 1.29 is 18.7 Å². The largest absolute Gasteiger partial charge is 0.467 e. The topological polar surface area (TPSA) is 73.2 Å². The van der Waals surface area contributed by atoms with Crippen molar-refractivity contribution in [1.29, 1.82) is 0 Å². The number of para-hydroxylation sites is 1. The highest BCUT2D eigenvalue weighted by Gasteiger charge is 2.34. The van der Waals surface area contributed by atoms with Crippen LogP contribution in [-0.2, 0) is 16.1 Å². The second kappa shape index (κ2) is 8.03. The first-order chi connectivity index (χ1) is 13.7. The number of ether oxygens (including phenoxy) is 1. The molecule has 0 bridgehead atoms. The summed E-state index contributed by atoms with van der Waals surface area (Å²) in [5.41, 5.74) is 1.32. The third kappa shape index (κ3) is 4.45. The van der Waals surface area contributed by atoms with Crippen LogP contribution in [0.5, 0.6) is 0 Å². The second-order valence-electron chi connectivity index (χ2n) is 7.95. The van der Waals surface area contributed by atoms with Crippen molar-refractivity contribution in [3.8, 4) is 0 Å². The van der Waals surface area contributed by atoms with Gasteiger partial charge in [-0.25, -0.2) is 9.18 Å². The smallest absolute Gasteiger partial charge is 0.328 e. The number of halogens is 1. The molecule has 1 N–H and O–H groups in total. The molecule has 2 aromatic carbocycles. The minimum Gasteiger partial charge on any atom is -0.467 e. The Hall–Kier alpha value is -3.22. The quantitative estimate of drug-likeness (QED) is 0.669. The number of nitrogens with one attached hydrogen (secondary N) is 1. The minimum atomic E-state index is -0.819. The van der Waals surface area contributed by atoms with Crippen LogP contribution in [0.3, 0.4) is 0 Å². The van der Waals surface area contributed by atoms with Crippen LogP contribution in [0.1, 0.15) is 36.8 Å². The third-order valence-electron chi connectivity index (χ3n) is 4.70. The van der Waals surface area contributed by atoms with Crippen LogP contribution in [0, 0.1) is 11.2 Å². The monoisotopic (exact) mass is 397 g/mol. The van der Waals surface area contributed by atoms with E-state index in [1.165, 1.54) is 19.2 Å². The van der Waals surface area contributed by atoms with E-state index in [4.69, 9.17) is 4.74 Å². The van der Waals surface area contributed by atoms with Gasteiger partial charge in [-0.3, -0.25) is 9.48 Å². The van der Waals surface area contributed by atoms with Crippen LogP contribution < -0.4 is 5.32 Å². The maximum atomic E-state index is 13.2. The summed E-state index contributed by atoms with van der Waals surface area (Å²) >= 11 is 0. The summed E-state index contributed by atoms with van der Waals surface area (Å²) in [5.74, 6) is -1.28. The fraction of sp³-hybridized carbons (Fsp3) is 0.318. The summed E-state index contributed by atoms with van der Waals surface area (Å²) in [6.07, 6.45) is 0. The Morgan fingerprint density at radius 2 is 1.79 bits per heavy atom. The van der Waals surface area contributed by atoms with Crippen LogP contribution in [0.4, 0.5) is 4.39 Å². The Balaban J connectivity index is 1.96. The number of nitrogens with zero attached hydrogens (tertiary/aromatic N) is 2. The van der Waals surface area contributed by atoms with Gasteiger partial charge in [-0.15, -0.1) is 0 Å². The fourth-order valence-corrected chi connectivity index (χ4v) is 3.12. The minimum absolute atomic E-state index is 0.223. The van der Waals surface area contributed by atoms with Crippen molar-refractivity contribution in [1.82, 2.24) is 15.1 Å². The number of hydrogen-bond acceptors (Lipinski definition) is 4. The lowest BCUT2D eigenvalue weighted by molar-refractivity contribution is -0.145. The van der Waals surface area contributed by atoms with Gasteiger partial charge in [0.1, 0.15) is 11.9 Å². The third-order valence-corrected chi connectivity index (χ3v) is 4.70. The average molecular weight is 397 g/mol. The highest BCUT2D eigenvalue weighted by atomic mass is 19.1. The molecule has 6 nitrogen and oxygen atoms in total. The van der Waals surface area contributed by atoms with Crippen molar-refractivity contribution in [2.24, 2.45) is 5.41 Å². The molecule has 7 heteroatoms. The molecule has 29 heavy (non-hydrogen) atoms. The SMILES string of the molecule is COC(=O)C(NC(=O)c1nn(Cc2ccc(F)cc2)c2ccccc12)C(C)(C)C. The van der Waals surface area contributed by atoms with Gasteiger partial charge in [0.15, 0.2) is 5.69 Å². The Bertz CT molecular complexity index is 1040. The first-order valence-corrected chi connectivity index (χ1v) is 9.29. The lowest BCUT2D eigenvalue weighted by atomic mass is 9.86. The maximum absolute atomic E-state index is 13.2. The molecule has 1 unspecified atom stereocenters. The number of rotatable bonds is 5. The first kappa shape index (κ1) is 20.5. The van der Waals surface area contributed by atoms with Crippen LogP contribution in [0.25, 0.3) is 10.9 Å².